The van der Waals surface area contributed by atoms with Gasteiger partial charge >= 0.3 is 0 Å². The van der Waals surface area contributed by atoms with E-state index in [0.717, 1.165) is 5.69 Å². The Hall–Kier alpha value is -1.39. The van der Waals surface area contributed by atoms with E-state index >= 15 is 4.39 Å². The average Bonchev–Trinajstić information content (AvgIpc) is 2.66. The minimum absolute atomic E-state index is 0.0956. The summed E-state index contributed by atoms with van der Waals surface area (Å²) in [7, 11) is 1.74. The van der Waals surface area contributed by atoms with Gasteiger partial charge in [0.1, 0.15) is 5.15 Å². The van der Waals surface area contributed by atoms with Crippen molar-refractivity contribution >= 4 is 11.6 Å². The molecule has 1 aromatic carbocycles. The lowest BCUT2D eigenvalue weighted by Crippen LogP contribution is -2.33. The van der Waals surface area contributed by atoms with E-state index in [1.807, 2.05) is 13.0 Å². The maximum Gasteiger partial charge on any atom is 0.152 e. The Morgan fingerprint density at radius 3 is 2.47 bits per heavy atom. The maximum absolute atomic E-state index is 15.1. The van der Waals surface area contributed by atoms with Crippen LogP contribution >= 0.6 is 11.6 Å². The van der Waals surface area contributed by atoms with E-state index in [2.05, 4.69) is 5.10 Å². The van der Waals surface area contributed by atoms with E-state index in [0.29, 0.717) is 16.3 Å². The van der Waals surface area contributed by atoms with Gasteiger partial charge in [0, 0.05) is 25.6 Å². The second kappa shape index (κ2) is 5.31. The maximum atomic E-state index is 15.1. The lowest BCUT2D eigenvalue weighted by atomic mass is 9.89. The molecule has 102 valence electrons. The number of benzene rings is 1. The van der Waals surface area contributed by atoms with Crippen molar-refractivity contribution in [2.45, 2.75) is 19.0 Å². The van der Waals surface area contributed by atoms with E-state index in [1.165, 1.54) is 0 Å². The van der Waals surface area contributed by atoms with Crippen LogP contribution in [0.25, 0.3) is 0 Å². The van der Waals surface area contributed by atoms with Crippen LogP contribution in [0, 0.1) is 6.92 Å². The highest BCUT2D eigenvalue weighted by atomic mass is 35.5. The van der Waals surface area contributed by atoms with Crippen LogP contribution < -0.4 is 5.73 Å². The van der Waals surface area contributed by atoms with E-state index in [-0.39, 0.29) is 13.0 Å². The van der Waals surface area contributed by atoms with Crippen molar-refractivity contribution in [3.63, 3.8) is 0 Å². The van der Waals surface area contributed by atoms with Gasteiger partial charge in [0.05, 0.1) is 5.69 Å². The Labute approximate surface area is 117 Å². The van der Waals surface area contributed by atoms with Crippen LogP contribution in [0.1, 0.15) is 16.8 Å². The Morgan fingerprint density at radius 2 is 2.00 bits per heavy atom. The van der Waals surface area contributed by atoms with Crippen molar-refractivity contribution in [1.82, 2.24) is 9.78 Å². The summed E-state index contributed by atoms with van der Waals surface area (Å²) in [5, 5.41) is 4.66. The smallest absolute Gasteiger partial charge is 0.152 e. The predicted octanol–water partition coefficient (Wildman–Crippen LogP) is 2.75. The summed E-state index contributed by atoms with van der Waals surface area (Å²) in [5.41, 5.74) is 6.03. The summed E-state index contributed by atoms with van der Waals surface area (Å²) in [6.45, 7) is 1.73. The van der Waals surface area contributed by atoms with Gasteiger partial charge in [-0.1, -0.05) is 41.9 Å². The first kappa shape index (κ1) is 14.0. The molecular formula is C14H17ClFN3. The predicted molar refractivity (Wildman–Crippen MR) is 74.9 cm³/mol. The van der Waals surface area contributed by atoms with Crippen LogP contribution in [0.15, 0.2) is 30.3 Å². The van der Waals surface area contributed by atoms with Gasteiger partial charge in [0.25, 0.3) is 0 Å². The highest BCUT2D eigenvalue weighted by Crippen LogP contribution is 2.32. The van der Waals surface area contributed by atoms with Crippen molar-refractivity contribution in [2.24, 2.45) is 12.8 Å². The number of aromatic nitrogens is 2. The van der Waals surface area contributed by atoms with E-state index in [9.17, 15) is 0 Å². The number of hydrogen-bond acceptors (Lipinski definition) is 2. The highest BCUT2D eigenvalue weighted by molar-refractivity contribution is 6.30. The number of nitrogens with two attached hydrogens (primary N) is 1. The van der Waals surface area contributed by atoms with Crippen molar-refractivity contribution < 1.29 is 4.39 Å². The number of rotatable bonds is 4. The van der Waals surface area contributed by atoms with E-state index < -0.39 is 5.67 Å². The van der Waals surface area contributed by atoms with Crippen LogP contribution in [0.3, 0.4) is 0 Å². The third-order valence-corrected chi connectivity index (χ3v) is 3.81. The summed E-state index contributed by atoms with van der Waals surface area (Å²) in [5.74, 6) is 0. The van der Waals surface area contributed by atoms with Gasteiger partial charge in [0.2, 0.25) is 0 Å². The minimum Gasteiger partial charge on any atom is -0.327 e. The number of halogens is 2. The lowest BCUT2D eigenvalue weighted by Gasteiger charge is -2.24. The molecule has 0 radical (unpaired) electrons. The second-order valence-corrected chi connectivity index (χ2v) is 5.05. The van der Waals surface area contributed by atoms with Gasteiger partial charge in [-0.15, -0.1) is 0 Å². The lowest BCUT2D eigenvalue weighted by molar-refractivity contribution is 0.175. The molecule has 0 bridgehead atoms. The Bertz CT molecular complexity index is 568. The van der Waals surface area contributed by atoms with Gasteiger partial charge in [-0.05, 0) is 12.5 Å². The molecule has 0 spiro atoms. The van der Waals surface area contributed by atoms with Crippen molar-refractivity contribution in [3.05, 3.63) is 52.3 Å². The van der Waals surface area contributed by atoms with Crippen LogP contribution in [-0.2, 0) is 19.1 Å². The topological polar surface area (TPSA) is 43.8 Å². The van der Waals surface area contributed by atoms with Crippen LogP contribution in [0.2, 0.25) is 5.15 Å². The molecule has 0 aliphatic rings. The standard InChI is InChI=1S/C14H17ClFN3/c1-10-12(13(15)19(2)18-10)8-14(16,9-17)11-6-4-3-5-7-11/h3-7H,8-9,17H2,1-2H3. The third kappa shape index (κ3) is 2.65. The second-order valence-electron chi connectivity index (χ2n) is 4.69. The molecule has 2 rings (SSSR count). The molecule has 0 aliphatic carbocycles. The van der Waals surface area contributed by atoms with Crippen LogP contribution in [0.5, 0.6) is 0 Å². The molecule has 1 heterocycles. The summed E-state index contributed by atoms with van der Waals surface area (Å²) in [6, 6.07) is 8.94. The molecule has 0 fully saturated rings. The number of nitrogens with zero attached hydrogens (tertiary/aromatic N) is 2. The number of aryl methyl sites for hydroxylation is 2. The molecule has 5 heteroatoms. The van der Waals surface area contributed by atoms with Crippen molar-refractivity contribution in [2.75, 3.05) is 6.54 Å². The van der Waals surface area contributed by atoms with Crippen molar-refractivity contribution in [3.8, 4) is 0 Å². The molecule has 1 aromatic heterocycles. The van der Waals surface area contributed by atoms with E-state index in [1.54, 1.807) is 36.0 Å². The number of hydrogen-bond donors (Lipinski definition) is 1. The first-order valence-electron chi connectivity index (χ1n) is 6.10. The highest BCUT2D eigenvalue weighted by Gasteiger charge is 2.33. The molecule has 2 aromatic rings. The van der Waals surface area contributed by atoms with Gasteiger partial charge in [-0.25, -0.2) is 4.39 Å². The third-order valence-electron chi connectivity index (χ3n) is 3.34. The minimum atomic E-state index is -1.63. The molecule has 19 heavy (non-hydrogen) atoms. The summed E-state index contributed by atoms with van der Waals surface area (Å²) < 4.78 is 16.6. The molecular weight excluding hydrogens is 265 g/mol. The largest absolute Gasteiger partial charge is 0.327 e. The Morgan fingerprint density at radius 1 is 1.37 bits per heavy atom. The normalized spacial score (nSPS) is 14.4. The van der Waals surface area contributed by atoms with Crippen molar-refractivity contribution in [1.29, 1.82) is 0 Å². The molecule has 0 aliphatic heterocycles. The van der Waals surface area contributed by atoms with Gasteiger partial charge in [0.15, 0.2) is 5.67 Å². The first-order chi connectivity index (χ1) is 8.98. The molecule has 2 N–H and O–H groups in total. The van der Waals surface area contributed by atoms with Gasteiger partial charge in [-0.2, -0.15) is 5.10 Å². The fraction of sp³-hybridized carbons (Fsp3) is 0.357. The zero-order chi connectivity index (χ0) is 14.0. The fourth-order valence-corrected chi connectivity index (χ4v) is 2.43. The first-order valence-corrected chi connectivity index (χ1v) is 6.48. The SMILES string of the molecule is Cc1nn(C)c(Cl)c1CC(F)(CN)c1ccccc1. The fourth-order valence-electron chi connectivity index (χ4n) is 2.18. The summed E-state index contributed by atoms with van der Waals surface area (Å²) >= 11 is 6.16. The molecule has 0 saturated carbocycles. The Balaban J connectivity index is 2.39. The monoisotopic (exact) mass is 281 g/mol. The van der Waals surface area contributed by atoms with Gasteiger partial charge in [-0.3, -0.25) is 4.68 Å². The molecule has 0 saturated heterocycles. The summed E-state index contributed by atoms with van der Waals surface area (Å²) in [4.78, 5) is 0. The molecule has 1 atom stereocenters. The molecule has 1 unspecified atom stereocenters. The van der Waals surface area contributed by atoms with Gasteiger partial charge < -0.3 is 5.73 Å². The zero-order valence-electron chi connectivity index (χ0n) is 11.0. The molecule has 3 nitrogen and oxygen atoms in total. The van der Waals surface area contributed by atoms with E-state index in [4.69, 9.17) is 17.3 Å². The van der Waals surface area contributed by atoms with Crippen LogP contribution in [0.4, 0.5) is 4.39 Å². The zero-order valence-corrected chi connectivity index (χ0v) is 11.8. The van der Waals surface area contributed by atoms with Crippen LogP contribution in [-0.4, -0.2) is 16.3 Å². The summed E-state index contributed by atoms with van der Waals surface area (Å²) in [6.07, 6.45) is 0.131. The average molecular weight is 282 g/mol. The quantitative estimate of drug-likeness (QED) is 0.936. The molecule has 0 amide bonds. The number of alkyl halides is 1. The Kier molecular flexibility index (Phi) is 3.92.